The van der Waals surface area contributed by atoms with E-state index < -0.39 is 0 Å². The van der Waals surface area contributed by atoms with Crippen LogP contribution in [0.1, 0.15) is 46.0 Å². The van der Waals surface area contributed by atoms with E-state index in [2.05, 4.69) is 38.7 Å². The Hall–Kier alpha value is -1.37. The molecule has 0 unspecified atom stereocenters. The molecule has 2 fully saturated rings. The van der Waals surface area contributed by atoms with Crippen molar-refractivity contribution in [3.05, 3.63) is 48.1 Å². The number of hydrogen-bond donors (Lipinski definition) is 0. The van der Waals surface area contributed by atoms with Gasteiger partial charge in [0.15, 0.2) is 5.78 Å². The molecule has 22 heavy (non-hydrogen) atoms. The van der Waals surface area contributed by atoms with E-state index in [9.17, 15) is 4.79 Å². The fraction of sp³-hybridized carbons (Fsp3) is 0.571. The summed E-state index contributed by atoms with van der Waals surface area (Å²) in [5.74, 6) is 2.44. The topological polar surface area (TPSA) is 17.1 Å². The first kappa shape index (κ1) is 14.2. The average Bonchev–Trinajstić information content (AvgIpc) is 2.84. The Morgan fingerprint density at radius 2 is 2.09 bits per heavy atom. The summed E-state index contributed by atoms with van der Waals surface area (Å²) in [4.78, 5) is 11.8. The van der Waals surface area contributed by atoms with Crippen LogP contribution in [0.3, 0.4) is 0 Å². The maximum atomic E-state index is 11.8. The largest absolute Gasteiger partial charge is 0.290 e. The molecule has 5 atom stereocenters. The van der Waals surface area contributed by atoms with Gasteiger partial charge >= 0.3 is 0 Å². The van der Waals surface area contributed by atoms with Gasteiger partial charge < -0.3 is 0 Å². The van der Waals surface area contributed by atoms with Crippen LogP contribution in [0.25, 0.3) is 0 Å². The standard InChI is InChI=1S/C21H26O/c1-4-14-6-8-18-17-7-5-15-13-16(22)9-11-21(15,3)19(17)10-12-20(14,18)2/h4,6,9,11,13,17-19H,1,5,7-8,10,12H2,2-3H3/t17-,18-,19-,20+,21-/m0/s1. The molecule has 1 heteroatoms. The molecular formula is C21H26O. The van der Waals surface area contributed by atoms with Crippen molar-refractivity contribution in [2.75, 3.05) is 0 Å². The SMILES string of the molecule is C=CC1=CC[C@H]2[C@@H]3CCC4=CC(=O)C=C[C@]4(C)[C@H]3CC[C@]12C. The number of carbonyl (C=O) groups is 1. The summed E-state index contributed by atoms with van der Waals surface area (Å²) < 4.78 is 0. The average molecular weight is 294 g/mol. The second kappa shape index (κ2) is 4.57. The molecule has 1 nitrogen and oxygen atoms in total. The highest BCUT2D eigenvalue weighted by atomic mass is 16.1. The van der Waals surface area contributed by atoms with Gasteiger partial charge in [-0.1, -0.05) is 44.2 Å². The van der Waals surface area contributed by atoms with Gasteiger partial charge in [-0.05, 0) is 73.0 Å². The van der Waals surface area contributed by atoms with Crippen LogP contribution >= 0.6 is 0 Å². The number of fused-ring (bicyclic) bond motifs is 5. The molecule has 2 saturated carbocycles. The van der Waals surface area contributed by atoms with Crippen molar-refractivity contribution in [3.63, 3.8) is 0 Å². The highest BCUT2D eigenvalue weighted by Gasteiger charge is 2.55. The van der Waals surface area contributed by atoms with Crippen LogP contribution in [0.2, 0.25) is 0 Å². The molecule has 0 aromatic heterocycles. The van der Waals surface area contributed by atoms with E-state index in [1.165, 1.54) is 36.8 Å². The van der Waals surface area contributed by atoms with Crippen molar-refractivity contribution in [1.29, 1.82) is 0 Å². The van der Waals surface area contributed by atoms with Gasteiger partial charge in [0.05, 0.1) is 0 Å². The summed E-state index contributed by atoms with van der Waals surface area (Å²) in [5, 5.41) is 0. The number of hydrogen-bond acceptors (Lipinski definition) is 1. The Morgan fingerprint density at radius 3 is 2.86 bits per heavy atom. The van der Waals surface area contributed by atoms with E-state index in [1.54, 1.807) is 0 Å². The molecule has 0 saturated heterocycles. The Labute approximate surface area is 133 Å². The quantitative estimate of drug-likeness (QED) is 0.664. The smallest absolute Gasteiger partial charge is 0.178 e. The minimum Gasteiger partial charge on any atom is -0.290 e. The van der Waals surface area contributed by atoms with Crippen molar-refractivity contribution in [2.24, 2.45) is 28.6 Å². The third-order valence-corrected chi connectivity index (χ3v) is 7.42. The molecule has 0 aromatic rings. The molecule has 0 heterocycles. The summed E-state index contributed by atoms with van der Waals surface area (Å²) in [7, 11) is 0. The second-order valence-corrected chi connectivity index (χ2v) is 8.16. The predicted molar refractivity (Wildman–Crippen MR) is 90.3 cm³/mol. The fourth-order valence-electron chi connectivity index (χ4n) is 6.11. The van der Waals surface area contributed by atoms with Crippen molar-refractivity contribution >= 4 is 5.78 Å². The van der Waals surface area contributed by atoms with Crippen molar-refractivity contribution in [2.45, 2.75) is 46.0 Å². The molecule has 0 spiro atoms. The fourth-order valence-corrected chi connectivity index (χ4v) is 6.11. The van der Waals surface area contributed by atoms with E-state index >= 15 is 0 Å². The summed E-state index contributed by atoms with van der Waals surface area (Å²) in [6, 6.07) is 0. The molecule has 0 bridgehead atoms. The normalized spacial score (nSPS) is 46.3. The second-order valence-electron chi connectivity index (χ2n) is 8.16. The van der Waals surface area contributed by atoms with E-state index in [-0.39, 0.29) is 11.2 Å². The first-order valence-electron chi connectivity index (χ1n) is 8.76. The Bertz CT molecular complexity index is 634. The van der Waals surface area contributed by atoms with E-state index in [1.807, 2.05) is 12.2 Å². The zero-order valence-corrected chi connectivity index (χ0v) is 13.8. The maximum Gasteiger partial charge on any atom is 0.178 e. The molecule has 4 rings (SSSR count). The van der Waals surface area contributed by atoms with Crippen LogP contribution in [0.4, 0.5) is 0 Å². The highest BCUT2D eigenvalue weighted by molar-refractivity contribution is 6.01. The number of rotatable bonds is 1. The molecular weight excluding hydrogens is 268 g/mol. The molecule has 0 N–H and O–H groups in total. The van der Waals surface area contributed by atoms with Gasteiger partial charge in [0.2, 0.25) is 0 Å². The van der Waals surface area contributed by atoms with E-state index in [0.717, 1.165) is 18.3 Å². The van der Waals surface area contributed by atoms with Gasteiger partial charge in [-0.3, -0.25) is 4.79 Å². The predicted octanol–water partition coefficient (Wildman–Crippen LogP) is 5.02. The lowest BCUT2D eigenvalue weighted by Crippen LogP contribution is -2.48. The van der Waals surface area contributed by atoms with Gasteiger partial charge in [0.1, 0.15) is 0 Å². The third kappa shape index (κ3) is 1.68. The zero-order chi connectivity index (χ0) is 15.5. The maximum absolute atomic E-state index is 11.8. The first-order valence-corrected chi connectivity index (χ1v) is 8.76. The van der Waals surface area contributed by atoms with Gasteiger partial charge in [-0.25, -0.2) is 0 Å². The lowest BCUT2D eigenvalue weighted by atomic mass is 9.48. The highest BCUT2D eigenvalue weighted by Crippen LogP contribution is 2.64. The molecule has 116 valence electrons. The summed E-state index contributed by atoms with van der Waals surface area (Å²) >= 11 is 0. The van der Waals surface area contributed by atoms with E-state index in [4.69, 9.17) is 0 Å². The van der Waals surface area contributed by atoms with Crippen molar-refractivity contribution in [3.8, 4) is 0 Å². The molecule has 0 aromatic carbocycles. The van der Waals surface area contributed by atoms with Crippen LogP contribution < -0.4 is 0 Å². The summed E-state index contributed by atoms with van der Waals surface area (Å²) in [6.45, 7) is 8.88. The molecule has 4 aliphatic carbocycles. The number of carbonyl (C=O) groups excluding carboxylic acids is 1. The van der Waals surface area contributed by atoms with Crippen molar-refractivity contribution in [1.82, 2.24) is 0 Å². The van der Waals surface area contributed by atoms with Crippen molar-refractivity contribution < 1.29 is 4.79 Å². The minimum absolute atomic E-state index is 0.120. The zero-order valence-electron chi connectivity index (χ0n) is 13.8. The van der Waals surface area contributed by atoms with Crippen LogP contribution in [0, 0.1) is 28.6 Å². The van der Waals surface area contributed by atoms with Gasteiger partial charge in [-0.15, -0.1) is 0 Å². The summed E-state index contributed by atoms with van der Waals surface area (Å²) in [6.07, 6.45) is 16.6. The number of ketones is 1. The van der Waals surface area contributed by atoms with Crippen LogP contribution in [0.5, 0.6) is 0 Å². The monoisotopic (exact) mass is 294 g/mol. The van der Waals surface area contributed by atoms with Crippen LogP contribution in [-0.2, 0) is 4.79 Å². The minimum atomic E-state index is 0.120. The Balaban J connectivity index is 1.70. The van der Waals surface area contributed by atoms with E-state index in [0.29, 0.717) is 11.3 Å². The first-order chi connectivity index (χ1) is 10.5. The molecule has 0 amide bonds. The van der Waals surface area contributed by atoms with Crippen LogP contribution in [0.15, 0.2) is 48.1 Å². The Kier molecular flexibility index (Phi) is 2.95. The lowest BCUT2D eigenvalue weighted by molar-refractivity contribution is -0.111. The number of allylic oxidation sites excluding steroid dienone is 7. The van der Waals surface area contributed by atoms with Crippen LogP contribution in [-0.4, -0.2) is 5.78 Å². The molecule has 0 aliphatic heterocycles. The molecule has 0 radical (unpaired) electrons. The molecule has 4 aliphatic rings. The van der Waals surface area contributed by atoms with Gasteiger partial charge in [0, 0.05) is 5.41 Å². The van der Waals surface area contributed by atoms with Gasteiger partial charge in [0.25, 0.3) is 0 Å². The Morgan fingerprint density at radius 1 is 1.27 bits per heavy atom. The van der Waals surface area contributed by atoms with Gasteiger partial charge in [-0.2, -0.15) is 0 Å². The summed E-state index contributed by atoms with van der Waals surface area (Å²) in [5.41, 5.74) is 3.33. The third-order valence-electron chi connectivity index (χ3n) is 7.42. The lowest BCUT2D eigenvalue weighted by Gasteiger charge is -2.56.